The smallest absolute Gasteiger partial charge is 0.251 e. The number of carbonyl (C=O) groups is 2. The maximum Gasteiger partial charge on any atom is 0.251 e. The number of ketones is 1. The Hall–Kier alpha value is -3.20. The van der Waals surface area contributed by atoms with Crippen molar-refractivity contribution < 1.29 is 9.59 Å². The monoisotopic (exact) mass is 329 g/mol. The first-order chi connectivity index (χ1) is 12.1. The molecule has 25 heavy (non-hydrogen) atoms. The van der Waals surface area contributed by atoms with Gasteiger partial charge >= 0.3 is 0 Å². The van der Waals surface area contributed by atoms with E-state index in [1.165, 1.54) is 0 Å². The highest BCUT2D eigenvalue weighted by molar-refractivity contribution is 6.09. The third-order valence-electron chi connectivity index (χ3n) is 4.09. The quantitative estimate of drug-likeness (QED) is 0.705. The first-order valence-corrected chi connectivity index (χ1v) is 8.21. The maximum absolute atomic E-state index is 12.4. The molecule has 3 aromatic carbocycles. The van der Waals surface area contributed by atoms with Crippen molar-refractivity contribution in [1.82, 2.24) is 5.32 Å². The minimum absolute atomic E-state index is 0.0507. The molecular formula is C22H19NO2. The molecule has 0 unspecified atom stereocenters. The van der Waals surface area contributed by atoms with Gasteiger partial charge in [-0.25, -0.2) is 0 Å². The zero-order valence-electron chi connectivity index (χ0n) is 14.0. The van der Waals surface area contributed by atoms with Crippen LogP contribution in [-0.4, -0.2) is 11.7 Å². The number of benzene rings is 3. The van der Waals surface area contributed by atoms with E-state index in [0.29, 0.717) is 16.7 Å². The third-order valence-corrected chi connectivity index (χ3v) is 4.09. The lowest BCUT2D eigenvalue weighted by atomic mass is 10.0. The van der Waals surface area contributed by atoms with Gasteiger partial charge in [-0.2, -0.15) is 0 Å². The van der Waals surface area contributed by atoms with Gasteiger partial charge < -0.3 is 5.32 Å². The maximum atomic E-state index is 12.4. The van der Waals surface area contributed by atoms with Gasteiger partial charge in [-0.15, -0.1) is 0 Å². The molecule has 0 saturated heterocycles. The first-order valence-electron chi connectivity index (χ1n) is 8.21. The Bertz CT molecular complexity index is 856. The van der Waals surface area contributed by atoms with Gasteiger partial charge in [-0.3, -0.25) is 9.59 Å². The summed E-state index contributed by atoms with van der Waals surface area (Å²) >= 11 is 0. The molecule has 3 aromatic rings. The van der Waals surface area contributed by atoms with Crippen molar-refractivity contribution in [1.29, 1.82) is 0 Å². The van der Waals surface area contributed by atoms with Crippen molar-refractivity contribution in [3.05, 3.63) is 107 Å². The largest absolute Gasteiger partial charge is 0.346 e. The highest BCUT2D eigenvalue weighted by Crippen LogP contribution is 2.14. The van der Waals surface area contributed by atoms with E-state index in [0.717, 1.165) is 5.56 Å². The molecule has 0 fully saturated rings. The average molecular weight is 329 g/mol. The second-order valence-corrected chi connectivity index (χ2v) is 5.88. The van der Waals surface area contributed by atoms with Crippen LogP contribution in [0.2, 0.25) is 0 Å². The SMILES string of the molecule is C[C@@H](NC(=O)c1ccc(C(=O)c2ccccc2)cc1)c1ccccc1. The Balaban J connectivity index is 1.70. The molecule has 3 heteroatoms. The van der Waals surface area contributed by atoms with E-state index in [-0.39, 0.29) is 17.7 Å². The molecule has 0 aromatic heterocycles. The standard InChI is InChI=1S/C22H19NO2/c1-16(17-8-4-2-5-9-17)23-22(25)20-14-12-19(13-15-20)21(24)18-10-6-3-7-11-18/h2-16H,1H3,(H,23,25)/t16-/m1/s1. The Morgan fingerprint density at radius 3 is 1.76 bits per heavy atom. The summed E-state index contributed by atoms with van der Waals surface area (Å²) in [6, 6.07) is 25.6. The van der Waals surface area contributed by atoms with Crippen LogP contribution in [0.15, 0.2) is 84.9 Å². The zero-order chi connectivity index (χ0) is 17.6. The normalized spacial score (nSPS) is 11.6. The summed E-state index contributed by atoms with van der Waals surface area (Å²) in [5.41, 5.74) is 2.79. The predicted octanol–water partition coefficient (Wildman–Crippen LogP) is 4.41. The van der Waals surface area contributed by atoms with E-state index in [1.807, 2.05) is 55.5 Å². The molecule has 3 nitrogen and oxygen atoms in total. The van der Waals surface area contributed by atoms with Crippen LogP contribution in [0.3, 0.4) is 0 Å². The number of carbonyl (C=O) groups excluding carboxylic acids is 2. The summed E-state index contributed by atoms with van der Waals surface area (Å²) in [7, 11) is 0. The topological polar surface area (TPSA) is 46.2 Å². The van der Waals surface area contributed by atoms with Crippen LogP contribution in [0.5, 0.6) is 0 Å². The Morgan fingerprint density at radius 1 is 0.680 bits per heavy atom. The number of rotatable bonds is 5. The summed E-state index contributed by atoms with van der Waals surface area (Å²) in [6.07, 6.45) is 0. The van der Waals surface area contributed by atoms with Gasteiger partial charge in [0.25, 0.3) is 5.91 Å². The average Bonchev–Trinajstić information content (AvgIpc) is 2.69. The van der Waals surface area contributed by atoms with Crippen molar-refractivity contribution in [2.24, 2.45) is 0 Å². The van der Waals surface area contributed by atoms with Crippen molar-refractivity contribution in [2.75, 3.05) is 0 Å². The van der Waals surface area contributed by atoms with Crippen molar-refractivity contribution >= 4 is 11.7 Å². The molecule has 1 amide bonds. The van der Waals surface area contributed by atoms with Crippen LogP contribution in [0.25, 0.3) is 0 Å². The van der Waals surface area contributed by atoms with Crippen LogP contribution in [-0.2, 0) is 0 Å². The summed E-state index contributed by atoms with van der Waals surface area (Å²) in [5, 5.41) is 2.97. The van der Waals surface area contributed by atoms with E-state index >= 15 is 0 Å². The Kier molecular flexibility index (Phi) is 5.05. The Labute approximate surface area is 147 Å². The molecule has 0 saturated carbocycles. The molecular weight excluding hydrogens is 310 g/mol. The molecule has 0 bridgehead atoms. The fraction of sp³-hybridized carbons (Fsp3) is 0.0909. The van der Waals surface area contributed by atoms with Gasteiger partial charge in [0.15, 0.2) is 5.78 Å². The van der Waals surface area contributed by atoms with Crippen LogP contribution in [0, 0.1) is 0 Å². The lowest BCUT2D eigenvalue weighted by Gasteiger charge is -2.14. The molecule has 1 N–H and O–H groups in total. The zero-order valence-corrected chi connectivity index (χ0v) is 14.0. The molecule has 3 rings (SSSR count). The second kappa shape index (κ2) is 7.58. The Morgan fingerprint density at radius 2 is 1.16 bits per heavy atom. The fourth-order valence-corrected chi connectivity index (χ4v) is 2.63. The van der Waals surface area contributed by atoms with Gasteiger partial charge in [-0.05, 0) is 24.6 Å². The lowest BCUT2D eigenvalue weighted by Crippen LogP contribution is -2.26. The van der Waals surface area contributed by atoms with Gasteiger partial charge in [0.05, 0.1) is 6.04 Å². The highest BCUT2D eigenvalue weighted by Gasteiger charge is 2.13. The number of hydrogen-bond donors (Lipinski definition) is 1. The number of amides is 1. The summed E-state index contributed by atoms with van der Waals surface area (Å²) in [4.78, 5) is 24.8. The van der Waals surface area contributed by atoms with E-state index in [2.05, 4.69) is 5.32 Å². The second-order valence-electron chi connectivity index (χ2n) is 5.88. The lowest BCUT2D eigenvalue weighted by molar-refractivity contribution is 0.0938. The van der Waals surface area contributed by atoms with Crippen molar-refractivity contribution in [3.8, 4) is 0 Å². The van der Waals surface area contributed by atoms with Crippen LogP contribution >= 0.6 is 0 Å². The minimum Gasteiger partial charge on any atom is -0.346 e. The molecule has 124 valence electrons. The van der Waals surface area contributed by atoms with Crippen molar-refractivity contribution in [2.45, 2.75) is 13.0 Å². The van der Waals surface area contributed by atoms with E-state index in [9.17, 15) is 9.59 Å². The molecule has 0 aliphatic rings. The molecule has 0 aliphatic heterocycles. The molecule has 0 heterocycles. The first kappa shape index (κ1) is 16.7. The third kappa shape index (κ3) is 4.01. The van der Waals surface area contributed by atoms with Crippen LogP contribution in [0.4, 0.5) is 0 Å². The highest BCUT2D eigenvalue weighted by atomic mass is 16.1. The van der Waals surface area contributed by atoms with Gasteiger partial charge in [0, 0.05) is 16.7 Å². The molecule has 0 spiro atoms. The van der Waals surface area contributed by atoms with Gasteiger partial charge in [0.1, 0.15) is 0 Å². The molecule has 1 atom stereocenters. The summed E-state index contributed by atoms with van der Waals surface area (Å²) < 4.78 is 0. The van der Waals surface area contributed by atoms with Crippen LogP contribution < -0.4 is 5.32 Å². The predicted molar refractivity (Wildman–Crippen MR) is 98.6 cm³/mol. The van der Waals surface area contributed by atoms with Crippen LogP contribution in [0.1, 0.15) is 44.8 Å². The molecule has 0 radical (unpaired) electrons. The van der Waals surface area contributed by atoms with Gasteiger partial charge in [0.2, 0.25) is 0 Å². The minimum atomic E-state index is -0.157. The van der Waals surface area contributed by atoms with E-state index < -0.39 is 0 Å². The van der Waals surface area contributed by atoms with Gasteiger partial charge in [-0.1, -0.05) is 72.8 Å². The fourth-order valence-electron chi connectivity index (χ4n) is 2.63. The van der Waals surface area contributed by atoms with E-state index in [1.54, 1.807) is 36.4 Å². The molecule has 0 aliphatic carbocycles. The summed E-state index contributed by atoms with van der Waals surface area (Å²) in [5.74, 6) is -0.208. The van der Waals surface area contributed by atoms with Crippen molar-refractivity contribution in [3.63, 3.8) is 0 Å². The van der Waals surface area contributed by atoms with E-state index in [4.69, 9.17) is 0 Å². The number of nitrogens with one attached hydrogen (secondary N) is 1. The summed E-state index contributed by atoms with van der Waals surface area (Å²) in [6.45, 7) is 1.94. The number of hydrogen-bond acceptors (Lipinski definition) is 2.